The molecule has 4 aromatic heterocycles. The Bertz CT molecular complexity index is 1940. The summed E-state index contributed by atoms with van der Waals surface area (Å²) in [6.45, 7) is -0.209. The molecule has 228 valence electrons. The number of hydrogen-bond donors (Lipinski definition) is 2. The number of fused-ring (bicyclic) bond motifs is 1. The van der Waals surface area contributed by atoms with E-state index in [0.29, 0.717) is 21.8 Å². The Morgan fingerprint density at radius 1 is 1.00 bits per heavy atom. The van der Waals surface area contributed by atoms with Crippen molar-refractivity contribution in [2.24, 2.45) is 0 Å². The van der Waals surface area contributed by atoms with Gasteiger partial charge in [0, 0.05) is 23.7 Å². The Hall–Kier alpha value is -4.99. The van der Waals surface area contributed by atoms with Gasteiger partial charge >= 0.3 is 11.7 Å². The van der Waals surface area contributed by atoms with Gasteiger partial charge in [-0.1, -0.05) is 6.07 Å². The number of carbonyl (C=O) groups excluding carboxylic acids is 1. The number of nitrogens with zero attached hydrogens (tertiary/aromatic N) is 5. The van der Waals surface area contributed by atoms with Gasteiger partial charge in [-0.3, -0.25) is 19.2 Å². The molecule has 0 atom stereocenters. The molecule has 0 bridgehead atoms. The first-order valence-electron chi connectivity index (χ1n) is 13.1. The van der Waals surface area contributed by atoms with Gasteiger partial charge in [0.05, 0.1) is 60.5 Å². The highest BCUT2D eigenvalue weighted by atomic mass is 32.1. The molecule has 0 aliphatic carbocycles. The number of benzene rings is 1. The molecule has 5 rings (SSSR count). The van der Waals surface area contributed by atoms with Crippen molar-refractivity contribution in [3.63, 3.8) is 0 Å². The van der Waals surface area contributed by atoms with E-state index in [1.54, 1.807) is 12.1 Å². The fourth-order valence-electron chi connectivity index (χ4n) is 4.63. The Labute approximate surface area is 253 Å². The van der Waals surface area contributed by atoms with Crippen LogP contribution < -0.4 is 26.8 Å². The molecular weight excluding hydrogens is 596 g/mol. The van der Waals surface area contributed by atoms with E-state index in [-0.39, 0.29) is 33.9 Å². The maximum atomic E-state index is 14.8. The molecule has 2 amide bonds. The van der Waals surface area contributed by atoms with Crippen LogP contribution in [0.4, 0.5) is 19.3 Å². The van der Waals surface area contributed by atoms with Gasteiger partial charge in [0.2, 0.25) is 5.88 Å². The first-order valence-corrected chi connectivity index (χ1v) is 13.9. The second-order valence-corrected chi connectivity index (χ2v) is 10.8. The Kier molecular flexibility index (Phi) is 8.80. The minimum Gasteiger partial charge on any atom is -0.481 e. The summed E-state index contributed by atoms with van der Waals surface area (Å²) in [6, 6.07) is 9.11. The lowest BCUT2D eigenvalue weighted by Gasteiger charge is -2.15. The second kappa shape index (κ2) is 12.7. The highest BCUT2D eigenvalue weighted by Crippen LogP contribution is 2.37. The zero-order valence-corrected chi connectivity index (χ0v) is 24.9. The van der Waals surface area contributed by atoms with Crippen molar-refractivity contribution in [3.05, 3.63) is 98.5 Å². The highest BCUT2D eigenvalue weighted by molar-refractivity contribution is 7.22. The van der Waals surface area contributed by atoms with Crippen LogP contribution in [0.25, 0.3) is 26.5 Å². The minimum absolute atomic E-state index is 0.150. The maximum Gasteiger partial charge on any atom is 0.343 e. The molecule has 0 spiro atoms. The van der Waals surface area contributed by atoms with Gasteiger partial charge in [0.1, 0.15) is 16.5 Å². The molecule has 44 heavy (non-hydrogen) atoms. The predicted molar refractivity (Wildman–Crippen MR) is 161 cm³/mol. The van der Waals surface area contributed by atoms with E-state index in [1.165, 1.54) is 49.4 Å². The highest BCUT2D eigenvalue weighted by Gasteiger charge is 2.26. The zero-order valence-electron chi connectivity index (χ0n) is 24.1. The van der Waals surface area contributed by atoms with Crippen molar-refractivity contribution in [3.8, 4) is 22.1 Å². The number of urea groups is 1. The second-order valence-electron chi connectivity index (χ2n) is 9.79. The minimum atomic E-state index is -0.832. The smallest absolute Gasteiger partial charge is 0.343 e. The topological polar surface area (TPSA) is 133 Å². The maximum absolute atomic E-state index is 14.8. The quantitative estimate of drug-likeness (QED) is 0.237. The van der Waals surface area contributed by atoms with Crippen molar-refractivity contribution in [1.82, 2.24) is 29.5 Å². The Balaban J connectivity index is 1.79. The lowest BCUT2D eigenvalue weighted by atomic mass is 10.1. The molecule has 0 unspecified atom stereocenters. The van der Waals surface area contributed by atoms with Crippen molar-refractivity contribution >= 4 is 33.3 Å². The SMILES string of the molecule is CONC(=O)Nc1ccc(-c2sc3c(c2CN(C)C)c(=O)n(-c2ccc(OC)nc2)c(=O)n3Cc2c(F)cccc2F)nc1. The summed E-state index contributed by atoms with van der Waals surface area (Å²) in [5.74, 6) is -1.39. The van der Waals surface area contributed by atoms with E-state index in [0.717, 1.165) is 28.0 Å². The fraction of sp³-hybridized carbons (Fsp3) is 0.207. The van der Waals surface area contributed by atoms with E-state index in [9.17, 15) is 23.2 Å². The van der Waals surface area contributed by atoms with Crippen LogP contribution >= 0.6 is 11.3 Å². The van der Waals surface area contributed by atoms with Gasteiger partial charge in [0.25, 0.3) is 5.56 Å². The average Bonchev–Trinajstić information content (AvgIpc) is 3.36. The molecule has 0 aliphatic heterocycles. The Morgan fingerprint density at radius 3 is 2.34 bits per heavy atom. The molecule has 5 aromatic rings. The summed E-state index contributed by atoms with van der Waals surface area (Å²) in [4.78, 5) is 55.9. The Morgan fingerprint density at radius 2 is 1.75 bits per heavy atom. The van der Waals surface area contributed by atoms with Gasteiger partial charge in [0.15, 0.2) is 0 Å². The lowest BCUT2D eigenvalue weighted by molar-refractivity contribution is 0.114. The number of pyridine rings is 2. The number of nitrogens with one attached hydrogen (secondary N) is 2. The summed E-state index contributed by atoms with van der Waals surface area (Å²) in [7, 11) is 6.37. The molecule has 2 N–H and O–H groups in total. The monoisotopic (exact) mass is 623 g/mol. The molecule has 0 radical (unpaired) electrons. The van der Waals surface area contributed by atoms with Crippen molar-refractivity contribution in [2.75, 3.05) is 33.6 Å². The number of rotatable bonds is 9. The van der Waals surface area contributed by atoms with Crippen LogP contribution in [0.1, 0.15) is 11.1 Å². The van der Waals surface area contributed by atoms with Gasteiger partial charge in [-0.05, 0) is 44.4 Å². The van der Waals surface area contributed by atoms with E-state index in [4.69, 9.17) is 4.74 Å². The molecule has 12 nitrogen and oxygen atoms in total. The summed E-state index contributed by atoms with van der Waals surface area (Å²) in [5.41, 5.74) is 1.91. The van der Waals surface area contributed by atoms with Crippen LogP contribution in [-0.2, 0) is 17.9 Å². The number of hydrogen-bond acceptors (Lipinski definition) is 9. The summed E-state index contributed by atoms with van der Waals surface area (Å²) in [6.07, 6.45) is 2.74. The molecule has 0 aliphatic rings. The fourth-order valence-corrected chi connectivity index (χ4v) is 5.90. The number of aromatic nitrogens is 4. The molecule has 4 heterocycles. The van der Waals surface area contributed by atoms with E-state index in [1.807, 2.05) is 19.0 Å². The number of anilines is 1. The number of hydroxylamine groups is 1. The van der Waals surface area contributed by atoms with Gasteiger partial charge < -0.3 is 15.0 Å². The summed E-state index contributed by atoms with van der Waals surface area (Å²) < 4.78 is 36.9. The van der Waals surface area contributed by atoms with Gasteiger partial charge in [-0.2, -0.15) is 0 Å². The number of amides is 2. The average molecular weight is 624 g/mol. The number of thiophene rings is 1. The third-order valence-corrected chi connectivity index (χ3v) is 7.84. The third kappa shape index (κ3) is 5.92. The first kappa shape index (κ1) is 30.5. The molecule has 0 fully saturated rings. The standard InChI is InChI=1S/C29H27F2N7O5S/c1-36(2)14-19-24-26(39)38(17-9-11-23(42-3)33-13-17)29(41)37(15-18-20(30)6-5-7-21(18)31)27(24)44-25(19)22-10-8-16(12-32-22)34-28(40)35-43-4/h5-13H,14-15H2,1-4H3,(H2,34,35,40). The lowest BCUT2D eigenvalue weighted by Crippen LogP contribution is -2.39. The van der Waals surface area contributed by atoms with Crippen LogP contribution in [0.3, 0.4) is 0 Å². The normalized spacial score (nSPS) is 11.2. The van der Waals surface area contributed by atoms with Crippen molar-refractivity contribution in [2.45, 2.75) is 13.1 Å². The van der Waals surface area contributed by atoms with Gasteiger partial charge in [-0.15, -0.1) is 11.3 Å². The number of methoxy groups -OCH3 is 1. The first-order chi connectivity index (χ1) is 21.1. The van der Waals surface area contributed by atoms with Crippen molar-refractivity contribution in [1.29, 1.82) is 0 Å². The zero-order chi connectivity index (χ0) is 31.5. The largest absolute Gasteiger partial charge is 0.481 e. The molecule has 1 aromatic carbocycles. The number of ether oxygens (including phenoxy) is 1. The van der Waals surface area contributed by atoms with Gasteiger partial charge in [-0.25, -0.2) is 33.4 Å². The van der Waals surface area contributed by atoms with Crippen LogP contribution in [-0.4, -0.2) is 58.3 Å². The number of carbonyl (C=O) groups is 1. The molecule has 0 saturated carbocycles. The van der Waals surface area contributed by atoms with Crippen molar-refractivity contribution < 1.29 is 23.1 Å². The van der Waals surface area contributed by atoms with E-state index < -0.39 is 35.5 Å². The van der Waals surface area contributed by atoms with Crippen LogP contribution in [0.2, 0.25) is 0 Å². The van der Waals surface area contributed by atoms with E-state index >= 15 is 0 Å². The van der Waals surface area contributed by atoms with Crippen LogP contribution in [0.5, 0.6) is 5.88 Å². The van der Waals surface area contributed by atoms with Crippen LogP contribution in [0, 0.1) is 11.6 Å². The number of halogens is 2. The molecule has 0 saturated heterocycles. The summed E-state index contributed by atoms with van der Waals surface area (Å²) >= 11 is 1.10. The molecular formula is C29H27F2N7O5S. The predicted octanol–water partition coefficient (Wildman–Crippen LogP) is 3.75. The third-order valence-electron chi connectivity index (χ3n) is 6.56. The van der Waals surface area contributed by atoms with Crippen LogP contribution in [0.15, 0.2) is 64.4 Å². The summed E-state index contributed by atoms with van der Waals surface area (Å²) in [5, 5.41) is 2.75. The molecule has 15 heteroatoms. The van der Waals surface area contributed by atoms with E-state index in [2.05, 4.69) is 25.6 Å².